The van der Waals surface area contributed by atoms with Crippen molar-refractivity contribution in [1.29, 1.82) is 0 Å². The minimum Gasteiger partial charge on any atom is -0.324 e. The molecule has 128 valence electrons. The summed E-state index contributed by atoms with van der Waals surface area (Å²) < 4.78 is 0. The van der Waals surface area contributed by atoms with E-state index in [4.69, 9.17) is 0 Å². The first kappa shape index (κ1) is 16.7. The van der Waals surface area contributed by atoms with Crippen molar-refractivity contribution in [3.63, 3.8) is 0 Å². The number of nitrogens with zero attached hydrogens (tertiary/aromatic N) is 1. The minimum atomic E-state index is -0.781. The maximum atomic E-state index is 12.6. The number of imide groups is 1. The monoisotopic (exact) mass is 328 g/mol. The zero-order valence-corrected chi connectivity index (χ0v) is 14.5. The molecule has 0 bridgehead atoms. The highest BCUT2D eigenvalue weighted by molar-refractivity contribution is 6.09. The van der Waals surface area contributed by atoms with Gasteiger partial charge in [-0.2, -0.15) is 0 Å². The average molecular weight is 328 g/mol. The summed E-state index contributed by atoms with van der Waals surface area (Å²) in [4.78, 5) is 38.9. The molecule has 3 rings (SSSR count). The predicted octanol–water partition coefficient (Wildman–Crippen LogP) is 2.81. The molecule has 1 aromatic carbocycles. The van der Waals surface area contributed by atoms with Gasteiger partial charge in [-0.05, 0) is 45.2 Å². The van der Waals surface area contributed by atoms with Crippen LogP contribution in [0.1, 0.15) is 43.7 Å². The topological polar surface area (TPSA) is 66.5 Å². The second-order valence-electron chi connectivity index (χ2n) is 7.03. The number of likely N-dealkylation sites (tertiary alicyclic amines) is 1. The van der Waals surface area contributed by atoms with Gasteiger partial charge < -0.3 is 5.32 Å². The molecule has 1 aromatic rings. The van der Waals surface area contributed by atoms with Crippen LogP contribution in [-0.2, 0) is 14.4 Å². The molecule has 24 heavy (non-hydrogen) atoms. The lowest BCUT2D eigenvalue weighted by atomic mass is 9.81. The van der Waals surface area contributed by atoms with Crippen LogP contribution in [0.3, 0.4) is 0 Å². The van der Waals surface area contributed by atoms with E-state index in [2.05, 4.69) is 5.32 Å². The fourth-order valence-corrected chi connectivity index (χ4v) is 3.88. The van der Waals surface area contributed by atoms with Crippen molar-refractivity contribution < 1.29 is 14.4 Å². The van der Waals surface area contributed by atoms with Gasteiger partial charge in [0.05, 0.1) is 11.8 Å². The quantitative estimate of drug-likeness (QED) is 0.868. The first-order valence-electron chi connectivity index (χ1n) is 8.65. The van der Waals surface area contributed by atoms with Gasteiger partial charge in [0.25, 0.3) is 0 Å². The molecule has 0 spiro atoms. The third-order valence-corrected chi connectivity index (χ3v) is 5.28. The van der Waals surface area contributed by atoms with Gasteiger partial charge in [-0.25, -0.2) is 0 Å². The van der Waals surface area contributed by atoms with Crippen LogP contribution in [0.4, 0.5) is 5.69 Å². The molecule has 5 nitrogen and oxygen atoms in total. The molecule has 2 aliphatic rings. The molecule has 3 atom stereocenters. The summed E-state index contributed by atoms with van der Waals surface area (Å²) in [6.07, 6.45) is 3.49. The Morgan fingerprint density at radius 3 is 2.25 bits per heavy atom. The van der Waals surface area contributed by atoms with Gasteiger partial charge in [0.15, 0.2) is 0 Å². The van der Waals surface area contributed by atoms with Crippen LogP contribution in [0, 0.1) is 25.7 Å². The number of hydrogen-bond acceptors (Lipinski definition) is 3. The molecule has 1 N–H and O–H groups in total. The highest BCUT2D eigenvalue weighted by Gasteiger charge is 2.50. The van der Waals surface area contributed by atoms with Gasteiger partial charge in [-0.1, -0.05) is 30.5 Å². The Kier molecular flexibility index (Phi) is 4.43. The molecule has 0 aromatic heterocycles. The van der Waals surface area contributed by atoms with Crippen LogP contribution in [0.2, 0.25) is 0 Å². The zero-order valence-electron chi connectivity index (χ0n) is 14.5. The van der Waals surface area contributed by atoms with Gasteiger partial charge in [-0.15, -0.1) is 0 Å². The van der Waals surface area contributed by atoms with Crippen molar-refractivity contribution in [1.82, 2.24) is 4.90 Å². The average Bonchev–Trinajstić information content (AvgIpc) is 2.81. The van der Waals surface area contributed by atoms with E-state index in [-0.39, 0.29) is 29.6 Å². The number of amides is 3. The highest BCUT2D eigenvalue weighted by Crippen LogP contribution is 2.38. The highest BCUT2D eigenvalue weighted by atomic mass is 16.2. The maximum absolute atomic E-state index is 12.6. The van der Waals surface area contributed by atoms with E-state index in [0.29, 0.717) is 5.69 Å². The van der Waals surface area contributed by atoms with Gasteiger partial charge in [0.2, 0.25) is 17.7 Å². The number of aryl methyl sites for hydroxylation is 2. The summed E-state index contributed by atoms with van der Waals surface area (Å²) in [6.45, 7) is 5.55. The Hall–Kier alpha value is -2.17. The Morgan fingerprint density at radius 1 is 1.12 bits per heavy atom. The first-order valence-corrected chi connectivity index (χ1v) is 8.65. The Morgan fingerprint density at radius 2 is 1.71 bits per heavy atom. The van der Waals surface area contributed by atoms with E-state index in [1.807, 2.05) is 32.0 Å². The lowest BCUT2D eigenvalue weighted by molar-refractivity contribution is -0.146. The summed E-state index contributed by atoms with van der Waals surface area (Å²) in [6, 6.07) is 4.98. The van der Waals surface area contributed by atoms with Crippen LogP contribution in [0.25, 0.3) is 0 Å². The van der Waals surface area contributed by atoms with Gasteiger partial charge >= 0.3 is 0 Å². The number of rotatable bonds is 3. The second-order valence-corrected chi connectivity index (χ2v) is 7.03. The third kappa shape index (κ3) is 2.83. The largest absolute Gasteiger partial charge is 0.324 e. The molecule has 1 saturated carbocycles. The summed E-state index contributed by atoms with van der Waals surface area (Å²) >= 11 is 0. The fraction of sp³-hybridized carbons (Fsp3) is 0.526. The van der Waals surface area contributed by atoms with Crippen LogP contribution < -0.4 is 5.32 Å². The number of anilines is 1. The van der Waals surface area contributed by atoms with Gasteiger partial charge in [0.1, 0.15) is 6.04 Å². The number of carbonyl (C=O) groups is 3. The number of fused-ring (bicyclic) bond motifs is 1. The molecule has 1 saturated heterocycles. The summed E-state index contributed by atoms with van der Waals surface area (Å²) in [7, 11) is 0. The van der Waals surface area contributed by atoms with Crippen LogP contribution in [0.15, 0.2) is 18.2 Å². The summed E-state index contributed by atoms with van der Waals surface area (Å²) in [5.41, 5.74) is 2.80. The standard InChI is InChI=1S/C19H24N2O3/c1-11-8-9-16(12(2)10-11)20-17(22)13(3)21-18(23)14-6-4-5-7-15(14)19(21)24/h8-10,13-15H,4-7H2,1-3H3,(H,20,22)/t13-,14?,15?/m0/s1. The molecular formula is C19H24N2O3. The van der Waals surface area contributed by atoms with E-state index in [1.54, 1.807) is 6.92 Å². The summed E-state index contributed by atoms with van der Waals surface area (Å²) in [5.74, 6) is -1.10. The first-order chi connectivity index (χ1) is 11.4. The Labute approximate surface area is 142 Å². The molecule has 1 heterocycles. The molecule has 2 unspecified atom stereocenters. The predicted molar refractivity (Wildman–Crippen MR) is 91.3 cm³/mol. The maximum Gasteiger partial charge on any atom is 0.247 e. The minimum absolute atomic E-state index is 0.173. The smallest absolute Gasteiger partial charge is 0.247 e. The van der Waals surface area contributed by atoms with E-state index in [0.717, 1.165) is 36.8 Å². The molecular weight excluding hydrogens is 304 g/mol. The SMILES string of the molecule is Cc1ccc(NC(=O)[C@H](C)N2C(=O)C3CCCCC3C2=O)c(C)c1. The van der Waals surface area contributed by atoms with Crippen molar-refractivity contribution in [3.05, 3.63) is 29.3 Å². The van der Waals surface area contributed by atoms with Crippen molar-refractivity contribution in [3.8, 4) is 0 Å². The van der Waals surface area contributed by atoms with Crippen molar-refractivity contribution >= 4 is 23.4 Å². The molecule has 5 heteroatoms. The van der Waals surface area contributed by atoms with Gasteiger partial charge in [0, 0.05) is 5.69 Å². The number of nitrogens with one attached hydrogen (secondary N) is 1. The van der Waals surface area contributed by atoms with Crippen LogP contribution >= 0.6 is 0 Å². The van der Waals surface area contributed by atoms with Crippen molar-refractivity contribution in [2.75, 3.05) is 5.32 Å². The van der Waals surface area contributed by atoms with E-state index in [9.17, 15) is 14.4 Å². The van der Waals surface area contributed by atoms with E-state index < -0.39 is 6.04 Å². The number of hydrogen-bond donors (Lipinski definition) is 1. The second kappa shape index (κ2) is 6.38. The number of carbonyl (C=O) groups excluding carboxylic acids is 3. The fourth-order valence-electron chi connectivity index (χ4n) is 3.88. The molecule has 1 aliphatic carbocycles. The van der Waals surface area contributed by atoms with Crippen LogP contribution in [-0.4, -0.2) is 28.7 Å². The third-order valence-electron chi connectivity index (χ3n) is 5.28. The lowest BCUT2D eigenvalue weighted by Gasteiger charge is -2.23. The molecule has 1 aliphatic heterocycles. The normalized spacial score (nSPS) is 24.7. The van der Waals surface area contributed by atoms with Gasteiger partial charge in [-0.3, -0.25) is 19.3 Å². The van der Waals surface area contributed by atoms with E-state index >= 15 is 0 Å². The van der Waals surface area contributed by atoms with Crippen molar-refractivity contribution in [2.45, 2.75) is 52.5 Å². The lowest BCUT2D eigenvalue weighted by Crippen LogP contribution is -2.46. The Bertz CT molecular complexity index is 674. The Balaban J connectivity index is 1.75. The van der Waals surface area contributed by atoms with Crippen molar-refractivity contribution in [2.24, 2.45) is 11.8 Å². The number of benzene rings is 1. The molecule has 3 amide bonds. The molecule has 0 radical (unpaired) electrons. The summed E-state index contributed by atoms with van der Waals surface area (Å²) in [5, 5.41) is 2.85. The molecule has 2 fully saturated rings. The van der Waals surface area contributed by atoms with E-state index in [1.165, 1.54) is 4.90 Å². The van der Waals surface area contributed by atoms with Crippen LogP contribution in [0.5, 0.6) is 0 Å². The zero-order chi connectivity index (χ0) is 17.4.